The van der Waals surface area contributed by atoms with Gasteiger partial charge in [0, 0.05) is 0 Å². The van der Waals surface area contributed by atoms with Gasteiger partial charge in [-0.25, -0.2) is 0 Å². The van der Waals surface area contributed by atoms with Gasteiger partial charge in [0.1, 0.15) is 0 Å². The molecule has 72 valence electrons. The van der Waals surface area contributed by atoms with Crippen LogP contribution in [0.1, 0.15) is 33.6 Å². The van der Waals surface area contributed by atoms with Crippen molar-refractivity contribution < 1.29 is 9.53 Å². The first-order valence-corrected chi connectivity index (χ1v) is 4.60. The van der Waals surface area contributed by atoms with Crippen LogP contribution in [0.4, 0.5) is 0 Å². The lowest BCUT2D eigenvalue weighted by Crippen LogP contribution is -2.27. The third-order valence-corrected chi connectivity index (χ3v) is 1.60. The summed E-state index contributed by atoms with van der Waals surface area (Å²) in [6, 6.07) is 0. The van der Waals surface area contributed by atoms with Gasteiger partial charge < -0.3 is 10.1 Å². The van der Waals surface area contributed by atoms with Crippen LogP contribution in [0.3, 0.4) is 0 Å². The van der Waals surface area contributed by atoms with Crippen molar-refractivity contribution in [3.63, 3.8) is 0 Å². The first kappa shape index (κ1) is 11.4. The van der Waals surface area contributed by atoms with E-state index in [1.807, 2.05) is 13.8 Å². The minimum Gasteiger partial charge on any atom is -0.462 e. The number of nitrogens with one attached hydrogen (secondary N) is 1. The molecule has 0 aliphatic carbocycles. The smallest absolute Gasteiger partial charge is 0.320 e. The minimum atomic E-state index is -0.155. The van der Waals surface area contributed by atoms with E-state index in [0.29, 0.717) is 6.54 Å². The van der Waals surface area contributed by atoms with E-state index in [9.17, 15) is 4.79 Å². The predicted molar refractivity (Wildman–Crippen MR) is 49.0 cm³/mol. The molecule has 0 aliphatic rings. The molecule has 0 fully saturated rings. The third-order valence-electron chi connectivity index (χ3n) is 1.60. The highest BCUT2D eigenvalue weighted by atomic mass is 16.5. The number of carbonyl (C=O) groups excluding carboxylic acids is 1. The highest BCUT2D eigenvalue weighted by Gasteiger charge is 2.05. The van der Waals surface area contributed by atoms with Crippen molar-refractivity contribution in [3.8, 4) is 0 Å². The lowest BCUT2D eigenvalue weighted by atomic mass is 10.3. The summed E-state index contributed by atoms with van der Waals surface area (Å²) in [6.07, 6.45) is 1.96. The zero-order chi connectivity index (χ0) is 9.40. The molecule has 0 aromatic heterocycles. The minimum absolute atomic E-state index is 0.0425. The molecule has 0 radical (unpaired) electrons. The first-order valence-electron chi connectivity index (χ1n) is 4.60. The molecular formula is C9H19NO2. The van der Waals surface area contributed by atoms with Crippen LogP contribution in [0.25, 0.3) is 0 Å². The van der Waals surface area contributed by atoms with Crippen LogP contribution in [0.2, 0.25) is 0 Å². The van der Waals surface area contributed by atoms with Crippen LogP contribution in [-0.2, 0) is 9.53 Å². The van der Waals surface area contributed by atoms with Crippen molar-refractivity contribution >= 4 is 5.97 Å². The molecule has 0 spiro atoms. The van der Waals surface area contributed by atoms with Crippen LogP contribution >= 0.6 is 0 Å². The Kier molecular flexibility index (Phi) is 6.76. The van der Waals surface area contributed by atoms with Crippen molar-refractivity contribution in [2.75, 3.05) is 13.1 Å². The molecule has 0 aromatic carbocycles. The average Bonchev–Trinajstić information content (AvgIpc) is 2.05. The topological polar surface area (TPSA) is 38.3 Å². The number of hydrogen-bond acceptors (Lipinski definition) is 3. The maximum Gasteiger partial charge on any atom is 0.320 e. The summed E-state index contributed by atoms with van der Waals surface area (Å²) in [5.41, 5.74) is 0. The molecule has 1 atom stereocenters. The van der Waals surface area contributed by atoms with E-state index in [1.54, 1.807) is 0 Å². The zero-order valence-electron chi connectivity index (χ0n) is 8.22. The van der Waals surface area contributed by atoms with Gasteiger partial charge in [0.05, 0.1) is 12.6 Å². The van der Waals surface area contributed by atoms with Crippen LogP contribution < -0.4 is 5.32 Å². The molecule has 3 nitrogen and oxygen atoms in total. The summed E-state index contributed by atoms with van der Waals surface area (Å²) in [4.78, 5) is 11.0. The Morgan fingerprint density at radius 3 is 2.67 bits per heavy atom. The molecule has 0 saturated heterocycles. The Morgan fingerprint density at radius 1 is 1.50 bits per heavy atom. The van der Waals surface area contributed by atoms with Gasteiger partial charge in [-0.3, -0.25) is 4.79 Å². The normalized spacial score (nSPS) is 12.6. The summed E-state index contributed by atoms with van der Waals surface area (Å²) in [5, 5.41) is 2.99. The summed E-state index contributed by atoms with van der Waals surface area (Å²) in [7, 11) is 0. The van der Waals surface area contributed by atoms with E-state index in [1.165, 1.54) is 0 Å². The van der Waals surface area contributed by atoms with E-state index in [0.717, 1.165) is 19.4 Å². The molecule has 0 bridgehead atoms. The Morgan fingerprint density at radius 2 is 2.17 bits per heavy atom. The number of esters is 1. The zero-order valence-corrected chi connectivity index (χ0v) is 8.22. The van der Waals surface area contributed by atoms with E-state index in [2.05, 4.69) is 12.2 Å². The number of carbonyl (C=O) groups is 1. The lowest BCUT2D eigenvalue weighted by Gasteiger charge is -2.10. The quantitative estimate of drug-likeness (QED) is 0.486. The van der Waals surface area contributed by atoms with Gasteiger partial charge in [0.15, 0.2) is 0 Å². The van der Waals surface area contributed by atoms with Crippen LogP contribution in [0.15, 0.2) is 0 Å². The Hall–Kier alpha value is -0.570. The highest BCUT2D eigenvalue weighted by molar-refractivity contribution is 5.71. The van der Waals surface area contributed by atoms with E-state index in [4.69, 9.17) is 4.74 Å². The second-order valence-corrected chi connectivity index (χ2v) is 2.89. The fraction of sp³-hybridized carbons (Fsp3) is 0.889. The van der Waals surface area contributed by atoms with Gasteiger partial charge in [0.25, 0.3) is 0 Å². The van der Waals surface area contributed by atoms with E-state index >= 15 is 0 Å². The van der Waals surface area contributed by atoms with Crippen molar-refractivity contribution in [2.24, 2.45) is 0 Å². The lowest BCUT2D eigenvalue weighted by molar-refractivity contribution is -0.147. The highest BCUT2D eigenvalue weighted by Crippen LogP contribution is 1.95. The maximum atomic E-state index is 11.0. The molecule has 0 aromatic rings. The number of ether oxygens (including phenoxy) is 1. The molecule has 0 rings (SSSR count). The van der Waals surface area contributed by atoms with Crippen molar-refractivity contribution in [2.45, 2.75) is 39.7 Å². The van der Waals surface area contributed by atoms with Crippen molar-refractivity contribution in [1.29, 1.82) is 0 Å². The standard InChI is InChI=1S/C9H19NO2/c1-4-6-10-7-9(11)12-8(3)5-2/h8,10H,4-7H2,1-3H3. The van der Waals surface area contributed by atoms with E-state index in [-0.39, 0.29) is 12.1 Å². The largest absolute Gasteiger partial charge is 0.462 e. The summed E-state index contributed by atoms with van der Waals surface area (Å²) in [5.74, 6) is -0.155. The van der Waals surface area contributed by atoms with Gasteiger partial charge in [-0.05, 0) is 26.3 Å². The summed E-state index contributed by atoms with van der Waals surface area (Å²) >= 11 is 0. The fourth-order valence-electron chi connectivity index (χ4n) is 0.717. The second kappa shape index (κ2) is 7.10. The summed E-state index contributed by atoms with van der Waals surface area (Å²) < 4.78 is 5.04. The van der Waals surface area contributed by atoms with Gasteiger partial charge >= 0.3 is 5.97 Å². The van der Waals surface area contributed by atoms with Gasteiger partial charge in [-0.2, -0.15) is 0 Å². The monoisotopic (exact) mass is 173 g/mol. The molecule has 12 heavy (non-hydrogen) atoms. The van der Waals surface area contributed by atoms with Gasteiger partial charge in [-0.1, -0.05) is 13.8 Å². The maximum absolute atomic E-state index is 11.0. The molecule has 3 heteroatoms. The van der Waals surface area contributed by atoms with Gasteiger partial charge in [-0.15, -0.1) is 0 Å². The molecule has 1 unspecified atom stereocenters. The van der Waals surface area contributed by atoms with E-state index < -0.39 is 0 Å². The molecule has 0 saturated carbocycles. The Labute approximate surface area is 74.5 Å². The molecule has 1 N–H and O–H groups in total. The molecule has 0 amide bonds. The van der Waals surface area contributed by atoms with Crippen molar-refractivity contribution in [1.82, 2.24) is 5.32 Å². The SMILES string of the molecule is CCCNCC(=O)OC(C)CC. The fourth-order valence-corrected chi connectivity index (χ4v) is 0.717. The first-order chi connectivity index (χ1) is 5.70. The number of rotatable bonds is 6. The average molecular weight is 173 g/mol. The predicted octanol–water partition coefficient (Wildman–Crippen LogP) is 1.33. The molecule has 0 aliphatic heterocycles. The second-order valence-electron chi connectivity index (χ2n) is 2.89. The molecule has 0 heterocycles. The summed E-state index contributed by atoms with van der Waals surface area (Å²) in [6.45, 7) is 7.16. The van der Waals surface area contributed by atoms with Crippen LogP contribution in [0, 0.1) is 0 Å². The Bertz CT molecular complexity index is 126. The number of hydrogen-bond donors (Lipinski definition) is 1. The molecular weight excluding hydrogens is 154 g/mol. The van der Waals surface area contributed by atoms with Crippen LogP contribution in [-0.4, -0.2) is 25.2 Å². The van der Waals surface area contributed by atoms with Crippen LogP contribution in [0.5, 0.6) is 0 Å². The van der Waals surface area contributed by atoms with Crippen molar-refractivity contribution in [3.05, 3.63) is 0 Å². The Balaban J connectivity index is 3.33. The van der Waals surface area contributed by atoms with Gasteiger partial charge in [0.2, 0.25) is 0 Å². The third kappa shape index (κ3) is 6.16.